The van der Waals surface area contributed by atoms with Crippen molar-refractivity contribution in [3.05, 3.63) is 24.3 Å². The summed E-state index contributed by atoms with van der Waals surface area (Å²) in [6, 6.07) is 5.24. The third kappa shape index (κ3) is 7.67. The molecule has 34 heavy (non-hydrogen) atoms. The van der Waals surface area contributed by atoms with Crippen LogP contribution in [0.5, 0.6) is 0 Å². The van der Waals surface area contributed by atoms with Gasteiger partial charge < -0.3 is 29.0 Å². The Hall–Kier alpha value is -3.23. The minimum absolute atomic E-state index is 0.139. The molecule has 188 valence electrons. The molecule has 5 atom stereocenters. The van der Waals surface area contributed by atoms with Crippen LogP contribution in [0.2, 0.25) is 0 Å². The van der Waals surface area contributed by atoms with Crippen molar-refractivity contribution in [3.63, 3.8) is 0 Å². The van der Waals surface area contributed by atoms with Crippen molar-refractivity contribution < 1.29 is 51.3 Å². The monoisotopic (exact) mass is 502 g/mol. The second-order valence-corrected chi connectivity index (χ2v) is 8.90. The highest BCUT2D eigenvalue weighted by molar-refractivity contribution is 7.89. The first-order valence-corrected chi connectivity index (χ1v) is 11.5. The first-order valence-electron chi connectivity index (χ1n) is 9.97. The van der Waals surface area contributed by atoms with Gasteiger partial charge >= 0.3 is 23.9 Å². The maximum Gasteiger partial charge on any atom is 0.303 e. The van der Waals surface area contributed by atoms with Crippen molar-refractivity contribution in [3.8, 4) is 0 Å². The Labute approximate surface area is 195 Å². The average Bonchev–Trinajstić information content (AvgIpc) is 2.69. The molecule has 1 aromatic rings. The number of hydrogen-bond acceptors (Lipinski definition) is 12. The number of sulfonamides is 1. The molecule has 0 saturated carbocycles. The summed E-state index contributed by atoms with van der Waals surface area (Å²) in [5.41, 5.74) is 0.327. The Bertz CT molecular complexity index is 1030. The van der Waals surface area contributed by atoms with Gasteiger partial charge in [0, 0.05) is 33.4 Å². The summed E-state index contributed by atoms with van der Waals surface area (Å²) in [5.74, 6) is -2.89. The summed E-state index contributed by atoms with van der Waals surface area (Å²) >= 11 is 0. The van der Waals surface area contributed by atoms with E-state index in [0.717, 1.165) is 27.7 Å². The van der Waals surface area contributed by atoms with Crippen molar-refractivity contribution in [2.24, 2.45) is 5.14 Å². The van der Waals surface area contributed by atoms with Crippen LogP contribution >= 0.6 is 0 Å². The summed E-state index contributed by atoms with van der Waals surface area (Å²) in [6.07, 6.45) is -6.24. The van der Waals surface area contributed by atoms with E-state index in [1.54, 1.807) is 0 Å². The number of ether oxygens (including phenoxy) is 5. The van der Waals surface area contributed by atoms with Gasteiger partial charge in [-0.15, -0.1) is 0 Å². The molecule has 1 fully saturated rings. The first kappa shape index (κ1) is 27.0. The van der Waals surface area contributed by atoms with Gasteiger partial charge in [0.2, 0.25) is 10.0 Å². The molecule has 3 N–H and O–H groups in total. The number of anilines is 1. The van der Waals surface area contributed by atoms with Gasteiger partial charge in [0.05, 0.1) is 4.90 Å². The zero-order chi connectivity index (χ0) is 25.6. The molecular formula is C20H26N2O11S. The first-order chi connectivity index (χ1) is 15.8. The minimum Gasteiger partial charge on any atom is -0.463 e. The fourth-order valence-corrected chi connectivity index (χ4v) is 3.77. The maximum atomic E-state index is 11.8. The number of hydrogen-bond donors (Lipinski definition) is 2. The molecule has 0 amide bonds. The molecule has 0 bridgehead atoms. The second kappa shape index (κ2) is 11.3. The van der Waals surface area contributed by atoms with Crippen molar-refractivity contribution in [1.29, 1.82) is 0 Å². The molecule has 1 aliphatic heterocycles. The molecule has 0 aliphatic carbocycles. The zero-order valence-electron chi connectivity index (χ0n) is 18.9. The van der Waals surface area contributed by atoms with E-state index in [1.807, 2.05) is 0 Å². The molecule has 14 heteroatoms. The van der Waals surface area contributed by atoms with Crippen LogP contribution in [-0.4, -0.2) is 69.5 Å². The van der Waals surface area contributed by atoms with Crippen LogP contribution in [0.3, 0.4) is 0 Å². The highest BCUT2D eigenvalue weighted by Gasteiger charge is 2.52. The Morgan fingerprint density at radius 1 is 0.853 bits per heavy atom. The van der Waals surface area contributed by atoms with E-state index in [4.69, 9.17) is 28.8 Å². The number of carbonyl (C=O) groups is 4. The molecule has 0 unspecified atom stereocenters. The van der Waals surface area contributed by atoms with Crippen molar-refractivity contribution in [1.82, 2.24) is 0 Å². The Morgan fingerprint density at radius 3 is 1.82 bits per heavy atom. The van der Waals surface area contributed by atoms with Gasteiger partial charge in [-0.05, 0) is 24.3 Å². The summed E-state index contributed by atoms with van der Waals surface area (Å²) < 4.78 is 49.8. The summed E-state index contributed by atoms with van der Waals surface area (Å²) in [7, 11) is -3.93. The van der Waals surface area contributed by atoms with E-state index in [0.29, 0.717) is 5.69 Å². The Balaban J connectivity index is 2.45. The fraction of sp³-hybridized carbons (Fsp3) is 0.500. The lowest BCUT2D eigenvalue weighted by molar-refractivity contribution is -0.247. The molecule has 0 radical (unpaired) electrons. The molecule has 1 aromatic carbocycles. The Morgan fingerprint density at radius 2 is 1.35 bits per heavy atom. The maximum absolute atomic E-state index is 11.8. The minimum atomic E-state index is -3.93. The number of esters is 4. The smallest absolute Gasteiger partial charge is 0.303 e. The molecule has 1 saturated heterocycles. The van der Waals surface area contributed by atoms with Gasteiger partial charge in [-0.25, -0.2) is 13.6 Å². The quantitative estimate of drug-likeness (QED) is 0.353. The average molecular weight is 502 g/mol. The van der Waals surface area contributed by atoms with E-state index in [1.165, 1.54) is 24.3 Å². The summed E-state index contributed by atoms with van der Waals surface area (Å²) in [5, 5.41) is 8.00. The van der Waals surface area contributed by atoms with Crippen LogP contribution in [0.4, 0.5) is 5.69 Å². The number of nitrogens with two attached hydrogens (primary N) is 1. The van der Waals surface area contributed by atoms with Gasteiger partial charge in [0.25, 0.3) is 0 Å². The second-order valence-electron chi connectivity index (χ2n) is 7.33. The predicted molar refractivity (Wildman–Crippen MR) is 113 cm³/mol. The fourth-order valence-electron chi connectivity index (χ4n) is 3.25. The number of primary sulfonamides is 1. The van der Waals surface area contributed by atoms with Crippen LogP contribution in [-0.2, 0) is 52.9 Å². The zero-order valence-corrected chi connectivity index (χ0v) is 19.7. The third-order valence-electron chi connectivity index (χ3n) is 4.48. The number of carbonyl (C=O) groups excluding carboxylic acids is 4. The molecule has 0 aromatic heterocycles. The Kier molecular flexibility index (Phi) is 8.95. The van der Waals surface area contributed by atoms with E-state index in [2.05, 4.69) is 5.32 Å². The van der Waals surface area contributed by atoms with Crippen LogP contribution in [0.25, 0.3) is 0 Å². The van der Waals surface area contributed by atoms with Gasteiger partial charge in [-0.1, -0.05) is 0 Å². The SMILES string of the molecule is CC(=O)OC[C@H]1O[C@@H](Nc2ccc(S(N)(=O)=O)cc2)[C@H](OC(C)=O)[C@@H](OC(C)=O)[C@@H]1OC(C)=O. The van der Waals surface area contributed by atoms with Gasteiger partial charge in [0.15, 0.2) is 24.5 Å². The lowest BCUT2D eigenvalue weighted by Gasteiger charge is -2.44. The van der Waals surface area contributed by atoms with E-state index in [-0.39, 0.29) is 11.5 Å². The molecule has 2 rings (SSSR count). The van der Waals surface area contributed by atoms with Crippen molar-refractivity contribution in [2.45, 2.75) is 63.2 Å². The lowest BCUT2D eigenvalue weighted by atomic mass is 9.97. The van der Waals surface area contributed by atoms with Crippen molar-refractivity contribution >= 4 is 39.6 Å². The van der Waals surface area contributed by atoms with E-state index >= 15 is 0 Å². The van der Waals surface area contributed by atoms with E-state index in [9.17, 15) is 27.6 Å². The summed E-state index contributed by atoms with van der Waals surface area (Å²) in [4.78, 5) is 46.6. The van der Waals surface area contributed by atoms with Crippen molar-refractivity contribution in [2.75, 3.05) is 11.9 Å². The molecule has 0 spiro atoms. The molecule has 1 aliphatic rings. The summed E-state index contributed by atoms with van der Waals surface area (Å²) in [6.45, 7) is 4.14. The van der Waals surface area contributed by atoms with Crippen LogP contribution < -0.4 is 10.5 Å². The van der Waals surface area contributed by atoms with Gasteiger partial charge in [-0.3, -0.25) is 19.2 Å². The normalized spacial score (nSPS) is 24.4. The van der Waals surface area contributed by atoms with Crippen LogP contribution in [0, 0.1) is 0 Å². The van der Waals surface area contributed by atoms with Crippen LogP contribution in [0.1, 0.15) is 27.7 Å². The van der Waals surface area contributed by atoms with E-state index < -0.39 is 64.5 Å². The molecule has 13 nitrogen and oxygen atoms in total. The van der Waals surface area contributed by atoms with Crippen LogP contribution in [0.15, 0.2) is 29.2 Å². The highest BCUT2D eigenvalue weighted by atomic mass is 32.2. The van der Waals surface area contributed by atoms with Gasteiger partial charge in [0.1, 0.15) is 12.7 Å². The lowest BCUT2D eigenvalue weighted by Crippen LogP contribution is -2.64. The number of rotatable bonds is 8. The standard InChI is InChI=1S/C20H26N2O11S/c1-10(23)29-9-16-17(30-11(2)24)18(31-12(3)25)19(32-13(4)26)20(33-16)22-14-5-7-15(8-6-14)34(21,27)28/h5-8,16-20,22H,9H2,1-4H3,(H2,21,27,28)/t16-,17-,18+,19-,20-/m1/s1. The third-order valence-corrected chi connectivity index (χ3v) is 5.41. The topological polar surface area (TPSA) is 187 Å². The predicted octanol–water partition coefficient (Wildman–Crippen LogP) is -0.171. The largest absolute Gasteiger partial charge is 0.463 e. The molecular weight excluding hydrogens is 476 g/mol. The van der Waals surface area contributed by atoms with Gasteiger partial charge in [-0.2, -0.15) is 0 Å². The number of nitrogens with one attached hydrogen (secondary N) is 1. The number of benzene rings is 1. The molecule has 1 heterocycles. The highest BCUT2D eigenvalue weighted by Crippen LogP contribution is 2.30.